The first-order chi connectivity index (χ1) is 18.0. The number of ether oxygens (including phenoxy) is 3. The summed E-state index contributed by atoms with van der Waals surface area (Å²) in [6.45, 7) is 4.78. The molecule has 0 saturated carbocycles. The van der Waals surface area contributed by atoms with Crippen molar-refractivity contribution in [2.45, 2.75) is 26.8 Å². The molecule has 2 amide bonds. The maximum Gasteiger partial charge on any atom is 0.255 e. The number of para-hydroxylation sites is 1. The second-order valence-electron chi connectivity index (χ2n) is 7.99. The largest absolute Gasteiger partial charge is 0.497 e. The fourth-order valence-electron chi connectivity index (χ4n) is 3.74. The predicted molar refractivity (Wildman–Crippen MR) is 141 cm³/mol. The van der Waals surface area contributed by atoms with Crippen LogP contribution in [-0.4, -0.2) is 47.1 Å². The van der Waals surface area contributed by atoms with E-state index in [2.05, 4.69) is 20.9 Å². The van der Waals surface area contributed by atoms with E-state index >= 15 is 0 Å². The summed E-state index contributed by atoms with van der Waals surface area (Å²) in [7, 11) is 1.57. The van der Waals surface area contributed by atoms with E-state index in [4.69, 9.17) is 14.2 Å². The first-order valence-electron chi connectivity index (χ1n) is 12.0. The van der Waals surface area contributed by atoms with Crippen molar-refractivity contribution in [3.05, 3.63) is 66.2 Å². The number of nitrogens with zero attached hydrogens (tertiary/aromatic N) is 3. The molecule has 192 valence electrons. The molecular formula is C27H29N5O5. The molecule has 10 heteroatoms. The summed E-state index contributed by atoms with van der Waals surface area (Å²) in [5.74, 6) is 0.934. The van der Waals surface area contributed by atoms with Gasteiger partial charge >= 0.3 is 0 Å². The number of carbonyl (C=O) groups is 2. The number of rotatable bonds is 11. The zero-order valence-corrected chi connectivity index (χ0v) is 21.0. The van der Waals surface area contributed by atoms with E-state index in [0.717, 1.165) is 11.0 Å². The van der Waals surface area contributed by atoms with Crippen LogP contribution >= 0.6 is 0 Å². The van der Waals surface area contributed by atoms with Crippen molar-refractivity contribution in [3.8, 4) is 17.2 Å². The second kappa shape index (κ2) is 11.9. The normalized spacial score (nSPS) is 10.7. The molecule has 1 aromatic heterocycles. The molecule has 0 atom stereocenters. The molecule has 0 bridgehead atoms. The number of anilines is 2. The van der Waals surface area contributed by atoms with E-state index in [-0.39, 0.29) is 18.2 Å². The number of aryl methyl sites for hydroxylation is 1. The third-order valence-corrected chi connectivity index (χ3v) is 5.53. The van der Waals surface area contributed by atoms with Crippen LogP contribution in [0, 0.1) is 0 Å². The minimum Gasteiger partial charge on any atom is -0.497 e. The van der Waals surface area contributed by atoms with Gasteiger partial charge in [0.05, 0.1) is 43.8 Å². The lowest BCUT2D eigenvalue weighted by Gasteiger charge is -2.18. The number of nitrogens with one attached hydrogen (secondary N) is 2. The molecule has 3 aromatic carbocycles. The molecule has 2 N–H and O–H groups in total. The number of methoxy groups -OCH3 is 1. The van der Waals surface area contributed by atoms with Crippen molar-refractivity contribution >= 4 is 34.2 Å². The van der Waals surface area contributed by atoms with Crippen LogP contribution in [0.2, 0.25) is 0 Å². The van der Waals surface area contributed by atoms with E-state index in [1.807, 2.05) is 38.1 Å². The number of hydrogen-bond donors (Lipinski definition) is 2. The van der Waals surface area contributed by atoms with Gasteiger partial charge in [-0.25, -0.2) is 4.68 Å². The highest BCUT2D eigenvalue weighted by Crippen LogP contribution is 2.37. The van der Waals surface area contributed by atoms with Gasteiger partial charge in [0, 0.05) is 24.1 Å². The van der Waals surface area contributed by atoms with Crippen molar-refractivity contribution in [2.75, 3.05) is 31.0 Å². The van der Waals surface area contributed by atoms with E-state index in [1.54, 1.807) is 48.2 Å². The fraction of sp³-hybridized carbons (Fsp3) is 0.259. The Bertz CT molecular complexity index is 1380. The van der Waals surface area contributed by atoms with Gasteiger partial charge in [0.25, 0.3) is 5.91 Å². The molecule has 10 nitrogen and oxygen atoms in total. The van der Waals surface area contributed by atoms with Crippen LogP contribution in [0.25, 0.3) is 11.0 Å². The Balaban J connectivity index is 1.51. The van der Waals surface area contributed by atoms with Crippen LogP contribution in [0.3, 0.4) is 0 Å². The number of carbonyl (C=O) groups excluding carboxylic acids is 2. The first kappa shape index (κ1) is 25.5. The van der Waals surface area contributed by atoms with Crippen LogP contribution < -0.4 is 24.8 Å². The summed E-state index contributed by atoms with van der Waals surface area (Å²) in [5, 5.41) is 14.0. The first-order valence-corrected chi connectivity index (χ1v) is 12.0. The third kappa shape index (κ3) is 6.16. The van der Waals surface area contributed by atoms with Crippen LogP contribution in [-0.2, 0) is 11.3 Å². The lowest BCUT2D eigenvalue weighted by molar-refractivity contribution is -0.116. The van der Waals surface area contributed by atoms with Gasteiger partial charge in [-0.3, -0.25) is 9.59 Å². The van der Waals surface area contributed by atoms with Gasteiger partial charge in [0.1, 0.15) is 22.8 Å². The van der Waals surface area contributed by atoms with Gasteiger partial charge in [0.2, 0.25) is 5.91 Å². The molecule has 0 saturated heterocycles. The Morgan fingerprint density at radius 3 is 2.19 bits per heavy atom. The summed E-state index contributed by atoms with van der Waals surface area (Å²) in [4.78, 5) is 25.7. The number of hydrogen-bond acceptors (Lipinski definition) is 7. The predicted octanol–water partition coefficient (Wildman–Crippen LogP) is 4.52. The van der Waals surface area contributed by atoms with Crippen molar-refractivity contribution in [2.24, 2.45) is 0 Å². The standard InChI is InChI=1S/C27H29N5O5/c1-4-36-24-17-22(29-27(34)18-10-12-19(35-3)13-11-18)25(37-5-2)16-21(24)28-26(33)14-15-32-23-9-7-6-8-20(23)30-31-32/h6-13,16-17H,4-5,14-15H2,1-3H3,(H,28,33)(H,29,34). The Labute approximate surface area is 214 Å². The molecule has 4 aromatic rings. The van der Waals surface area contributed by atoms with Crippen molar-refractivity contribution in [1.82, 2.24) is 15.0 Å². The van der Waals surface area contributed by atoms with E-state index < -0.39 is 0 Å². The van der Waals surface area contributed by atoms with Crippen LogP contribution in [0.1, 0.15) is 30.6 Å². The van der Waals surface area contributed by atoms with E-state index in [0.29, 0.717) is 53.9 Å². The van der Waals surface area contributed by atoms with Crippen molar-refractivity contribution in [1.29, 1.82) is 0 Å². The average Bonchev–Trinajstić information content (AvgIpc) is 3.33. The minimum absolute atomic E-state index is 0.179. The lowest BCUT2D eigenvalue weighted by Crippen LogP contribution is -2.17. The summed E-state index contributed by atoms with van der Waals surface area (Å²) in [6.07, 6.45) is 0.179. The molecule has 4 rings (SSSR count). The number of amides is 2. The van der Waals surface area contributed by atoms with Gasteiger partial charge < -0.3 is 24.8 Å². The summed E-state index contributed by atoms with van der Waals surface area (Å²) in [6, 6.07) is 17.6. The average molecular weight is 504 g/mol. The van der Waals surface area contributed by atoms with Crippen molar-refractivity contribution < 1.29 is 23.8 Å². The smallest absolute Gasteiger partial charge is 0.255 e. The molecule has 0 unspecified atom stereocenters. The van der Waals surface area contributed by atoms with Gasteiger partial charge in [-0.1, -0.05) is 17.3 Å². The van der Waals surface area contributed by atoms with Crippen LogP contribution in [0.15, 0.2) is 60.7 Å². The van der Waals surface area contributed by atoms with Gasteiger partial charge in [-0.2, -0.15) is 0 Å². The highest BCUT2D eigenvalue weighted by Gasteiger charge is 2.17. The van der Waals surface area contributed by atoms with Gasteiger partial charge in [0.15, 0.2) is 0 Å². The van der Waals surface area contributed by atoms with E-state index in [9.17, 15) is 9.59 Å². The summed E-state index contributed by atoms with van der Waals surface area (Å²) < 4.78 is 18.4. The Morgan fingerprint density at radius 2 is 1.54 bits per heavy atom. The number of aromatic nitrogens is 3. The fourth-order valence-corrected chi connectivity index (χ4v) is 3.74. The zero-order chi connectivity index (χ0) is 26.2. The molecule has 37 heavy (non-hydrogen) atoms. The van der Waals surface area contributed by atoms with Gasteiger partial charge in [-0.15, -0.1) is 5.10 Å². The quantitative estimate of drug-likeness (QED) is 0.309. The second-order valence-corrected chi connectivity index (χ2v) is 7.99. The minimum atomic E-state index is -0.317. The molecule has 0 spiro atoms. The van der Waals surface area contributed by atoms with E-state index in [1.165, 1.54) is 0 Å². The van der Waals surface area contributed by atoms with Crippen molar-refractivity contribution in [3.63, 3.8) is 0 Å². The SMILES string of the molecule is CCOc1cc(NC(=O)c2ccc(OC)cc2)c(OCC)cc1NC(=O)CCn1nnc2ccccc21. The molecule has 0 aliphatic heterocycles. The Hall–Kier alpha value is -4.60. The van der Waals surface area contributed by atoms with Crippen LogP contribution in [0.4, 0.5) is 11.4 Å². The number of benzene rings is 3. The molecule has 0 aliphatic carbocycles. The third-order valence-electron chi connectivity index (χ3n) is 5.53. The summed E-state index contributed by atoms with van der Waals surface area (Å²) >= 11 is 0. The van der Waals surface area contributed by atoms with Gasteiger partial charge in [-0.05, 0) is 50.2 Å². The monoisotopic (exact) mass is 503 g/mol. The maximum atomic E-state index is 12.9. The topological polar surface area (TPSA) is 117 Å². The highest BCUT2D eigenvalue weighted by molar-refractivity contribution is 6.05. The lowest BCUT2D eigenvalue weighted by atomic mass is 10.1. The van der Waals surface area contributed by atoms with Crippen LogP contribution in [0.5, 0.6) is 17.2 Å². The molecule has 0 aliphatic rings. The Kier molecular flexibility index (Phi) is 8.19. The highest BCUT2D eigenvalue weighted by atomic mass is 16.5. The molecule has 0 fully saturated rings. The molecular weight excluding hydrogens is 474 g/mol. The Morgan fingerprint density at radius 1 is 0.892 bits per heavy atom. The number of fused-ring (bicyclic) bond motifs is 1. The maximum absolute atomic E-state index is 12.9. The summed E-state index contributed by atoms with van der Waals surface area (Å²) in [5.41, 5.74) is 2.97. The molecule has 1 heterocycles. The zero-order valence-electron chi connectivity index (χ0n) is 21.0. The molecule has 0 radical (unpaired) electrons.